The van der Waals surface area contributed by atoms with Crippen LogP contribution in [0.4, 0.5) is 0 Å². The van der Waals surface area contributed by atoms with E-state index in [-0.39, 0.29) is 0 Å². The van der Waals surface area contributed by atoms with E-state index < -0.39 is 0 Å². The zero-order valence-corrected chi connectivity index (χ0v) is 7.40. The Morgan fingerprint density at radius 2 is 1.57 bits per heavy atom. The van der Waals surface area contributed by atoms with Crippen molar-refractivity contribution < 1.29 is 13.6 Å². The molecule has 2 heterocycles. The molecule has 72 valence electrons. The highest BCUT2D eigenvalue weighted by molar-refractivity contribution is 5.26. The number of rotatable bonds is 2. The van der Waals surface area contributed by atoms with Crippen LogP contribution < -0.4 is 0 Å². The molecule has 2 rings (SSSR count). The number of isocyanates is 1. The van der Waals surface area contributed by atoms with Gasteiger partial charge in [0.25, 0.3) is 0 Å². The first kappa shape index (κ1) is 10.0. The maximum absolute atomic E-state index is 8.35. The van der Waals surface area contributed by atoms with Crippen LogP contribution >= 0.6 is 0 Å². The molecule has 0 saturated carbocycles. The van der Waals surface area contributed by atoms with Gasteiger partial charge in [0, 0.05) is 0 Å². The van der Waals surface area contributed by atoms with Gasteiger partial charge in [-0.05, 0) is 24.3 Å². The first-order valence-electron chi connectivity index (χ1n) is 3.95. The minimum Gasteiger partial charge on any atom is -0.469 e. The summed E-state index contributed by atoms with van der Waals surface area (Å²) in [5.41, 5.74) is 0. The summed E-state index contributed by atoms with van der Waals surface area (Å²) in [7, 11) is 0. The summed E-state index contributed by atoms with van der Waals surface area (Å²) in [4.78, 5) is 8.35. The van der Waals surface area contributed by atoms with E-state index in [0.29, 0.717) is 0 Å². The third-order valence-corrected chi connectivity index (χ3v) is 1.51. The third kappa shape index (κ3) is 3.13. The fourth-order valence-electron chi connectivity index (χ4n) is 0.998. The lowest BCUT2D eigenvalue weighted by atomic mass is 10.3. The molecule has 0 bridgehead atoms. The van der Waals surface area contributed by atoms with Gasteiger partial charge in [-0.25, -0.2) is 10.2 Å². The van der Waals surface area contributed by atoms with Crippen molar-refractivity contribution in [3.8, 4) is 0 Å². The molecule has 2 aromatic rings. The number of hydrogen-bond donors (Lipinski definition) is 1. The van der Waals surface area contributed by atoms with Crippen LogP contribution in [0.2, 0.25) is 0 Å². The number of carbonyl (C=O) groups excluding carboxylic acids is 1. The van der Waals surface area contributed by atoms with E-state index in [0.717, 1.165) is 24.0 Å². The Kier molecular flexibility index (Phi) is 3.98. The first-order valence-corrected chi connectivity index (χ1v) is 3.95. The predicted molar refractivity (Wildman–Crippen MR) is 48.6 cm³/mol. The molecule has 0 aliphatic heterocycles. The minimum absolute atomic E-state index is 0.736. The van der Waals surface area contributed by atoms with Crippen LogP contribution in [0.15, 0.2) is 45.6 Å². The summed E-state index contributed by atoms with van der Waals surface area (Å²) in [6.07, 6.45) is 4.82. The van der Waals surface area contributed by atoms with Gasteiger partial charge in [0.05, 0.1) is 18.9 Å². The van der Waals surface area contributed by atoms with Gasteiger partial charge in [-0.1, -0.05) is 0 Å². The molecule has 0 radical (unpaired) electrons. The van der Waals surface area contributed by atoms with E-state index in [1.807, 2.05) is 24.3 Å². The molecule has 0 spiro atoms. The second-order valence-electron chi connectivity index (χ2n) is 2.44. The molecule has 2 aromatic heterocycles. The monoisotopic (exact) mass is 191 g/mol. The van der Waals surface area contributed by atoms with Crippen molar-refractivity contribution >= 4 is 6.08 Å². The number of hydrogen-bond acceptors (Lipinski definition) is 4. The Labute approximate surface area is 80.7 Å². The normalized spacial score (nSPS) is 8.57. The maximum Gasteiger partial charge on any atom is 0.231 e. The molecule has 0 unspecified atom stereocenters. The topological polar surface area (TPSA) is 67.2 Å². The van der Waals surface area contributed by atoms with Crippen molar-refractivity contribution in [1.29, 1.82) is 5.41 Å². The molecule has 0 saturated heterocycles. The largest absolute Gasteiger partial charge is 0.469 e. The number of nitrogens with one attached hydrogen (secondary N) is 1. The van der Waals surface area contributed by atoms with Crippen LogP contribution in [0.5, 0.6) is 0 Å². The fourth-order valence-corrected chi connectivity index (χ4v) is 0.998. The number of furan rings is 2. The summed E-state index contributed by atoms with van der Waals surface area (Å²) in [6, 6.07) is 7.61. The molecule has 0 atom stereocenters. The Morgan fingerprint density at radius 1 is 1.14 bits per heavy atom. The van der Waals surface area contributed by atoms with Crippen molar-refractivity contribution in [1.82, 2.24) is 0 Å². The molecule has 0 fully saturated rings. The van der Waals surface area contributed by atoms with Gasteiger partial charge >= 0.3 is 0 Å². The van der Waals surface area contributed by atoms with Gasteiger partial charge in [0.1, 0.15) is 11.5 Å². The molecular weight excluding hydrogens is 182 g/mol. The SMILES string of the molecule is N=C=O.c1coc(Cc2ccco2)c1. The highest BCUT2D eigenvalue weighted by Crippen LogP contribution is 2.09. The van der Waals surface area contributed by atoms with Gasteiger partial charge in [0.2, 0.25) is 6.08 Å². The van der Waals surface area contributed by atoms with Gasteiger partial charge in [-0.2, -0.15) is 0 Å². The van der Waals surface area contributed by atoms with Gasteiger partial charge in [0.15, 0.2) is 0 Å². The molecule has 0 amide bonds. The molecule has 0 aliphatic rings. The maximum atomic E-state index is 8.35. The molecule has 4 heteroatoms. The van der Waals surface area contributed by atoms with E-state index >= 15 is 0 Å². The summed E-state index contributed by atoms with van der Waals surface area (Å²) in [5, 5.41) is 5.40. The quantitative estimate of drug-likeness (QED) is 0.585. The molecule has 0 aromatic carbocycles. The third-order valence-electron chi connectivity index (χ3n) is 1.51. The van der Waals surface area contributed by atoms with Gasteiger partial charge in [-0.15, -0.1) is 0 Å². The average Bonchev–Trinajstić information content (AvgIpc) is 2.79. The average molecular weight is 191 g/mol. The second-order valence-corrected chi connectivity index (χ2v) is 2.44. The van der Waals surface area contributed by atoms with Gasteiger partial charge < -0.3 is 8.83 Å². The van der Waals surface area contributed by atoms with Gasteiger partial charge in [-0.3, -0.25) is 0 Å². The van der Waals surface area contributed by atoms with Crippen molar-refractivity contribution in [3.63, 3.8) is 0 Å². The summed E-state index contributed by atoms with van der Waals surface area (Å²) in [5.74, 6) is 1.86. The summed E-state index contributed by atoms with van der Waals surface area (Å²) in [6.45, 7) is 0. The Bertz CT molecular complexity index is 337. The zero-order chi connectivity index (χ0) is 10.2. The van der Waals surface area contributed by atoms with E-state index in [4.69, 9.17) is 19.0 Å². The van der Waals surface area contributed by atoms with Crippen LogP contribution in [0, 0.1) is 5.41 Å². The van der Waals surface area contributed by atoms with Crippen LogP contribution in [-0.4, -0.2) is 6.08 Å². The lowest BCUT2D eigenvalue weighted by molar-refractivity contribution is 0.474. The summed E-state index contributed by atoms with van der Waals surface area (Å²) >= 11 is 0. The molecule has 1 N–H and O–H groups in total. The van der Waals surface area contributed by atoms with Crippen LogP contribution in [-0.2, 0) is 11.2 Å². The molecular formula is C10H9NO3. The van der Waals surface area contributed by atoms with Crippen molar-refractivity contribution in [3.05, 3.63) is 48.3 Å². The van der Waals surface area contributed by atoms with E-state index in [2.05, 4.69) is 0 Å². The lowest BCUT2D eigenvalue weighted by Gasteiger charge is -1.89. The van der Waals surface area contributed by atoms with Crippen LogP contribution in [0.25, 0.3) is 0 Å². The minimum atomic E-state index is 0.736. The van der Waals surface area contributed by atoms with Crippen molar-refractivity contribution in [2.45, 2.75) is 6.42 Å². The van der Waals surface area contributed by atoms with Crippen molar-refractivity contribution in [2.24, 2.45) is 0 Å². The Hall–Kier alpha value is -2.06. The van der Waals surface area contributed by atoms with E-state index in [9.17, 15) is 0 Å². The zero-order valence-electron chi connectivity index (χ0n) is 7.40. The van der Waals surface area contributed by atoms with E-state index in [1.165, 1.54) is 0 Å². The Morgan fingerprint density at radius 3 is 1.86 bits per heavy atom. The first-order chi connectivity index (χ1) is 6.86. The highest BCUT2D eigenvalue weighted by Gasteiger charge is 1.99. The van der Waals surface area contributed by atoms with Crippen LogP contribution in [0.3, 0.4) is 0 Å². The summed E-state index contributed by atoms with van der Waals surface area (Å²) < 4.78 is 10.3. The fraction of sp³-hybridized carbons (Fsp3) is 0.100. The molecule has 0 aliphatic carbocycles. The highest BCUT2D eigenvalue weighted by atomic mass is 16.3. The lowest BCUT2D eigenvalue weighted by Crippen LogP contribution is -1.79. The molecule has 14 heavy (non-hydrogen) atoms. The van der Waals surface area contributed by atoms with E-state index in [1.54, 1.807) is 12.5 Å². The Balaban J connectivity index is 0.000000293. The smallest absolute Gasteiger partial charge is 0.231 e. The predicted octanol–water partition coefficient (Wildman–Crippen LogP) is 2.36. The standard InChI is InChI=1S/C9H8O2.CHNO/c1-3-8(10-5-1)7-9-4-2-6-11-9;2-1-3/h1-6H,7H2;2H. The molecule has 4 nitrogen and oxygen atoms in total. The van der Waals surface area contributed by atoms with Crippen molar-refractivity contribution in [2.75, 3.05) is 0 Å². The van der Waals surface area contributed by atoms with Crippen LogP contribution in [0.1, 0.15) is 11.5 Å². The second kappa shape index (κ2) is 5.56.